The lowest BCUT2D eigenvalue weighted by molar-refractivity contribution is -0.137. The SMILES string of the molecule is COCCOCCOCCOCCC1(C)C(/C=C/C=C/C=C2/N(CCCCCC(=O)O)c3ccc4c(S(=O)(=O)[O-])cc(S(=O)(=O)[O-])cc4c3C2(C)CCCS(=O)(=O)[O-])=CCC(CCOC)Cc2ccc3c(S(=O)(=O)[O-])cc(S(=O)(=O)[O-])cc3c21. The molecule has 2 aliphatic rings. The molecule has 1 aliphatic heterocycles. The van der Waals surface area contributed by atoms with Gasteiger partial charge in [-0.1, -0.05) is 61.9 Å². The second kappa shape index (κ2) is 28.7. The lowest BCUT2D eigenvalue weighted by Gasteiger charge is -2.38. The van der Waals surface area contributed by atoms with Crippen molar-refractivity contribution in [1.82, 2.24) is 0 Å². The van der Waals surface area contributed by atoms with E-state index in [2.05, 4.69) is 0 Å². The molecule has 6 rings (SSSR count). The Morgan fingerprint density at radius 1 is 0.619 bits per heavy atom. The van der Waals surface area contributed by atoms with Gasteiger partial charge in [0.2, 0.25) is 0 Å². The summed E-state index contributed by atoms with van der Waals surface area (Å²) < 4.78 is 217. The molecule has 0 fully saturated rings. The molecule has 0 aromatic heterocycles. The van der Waals surface area contributed by atoms with Crippen molar-refractivity contribution in [3.63, 3.8) is 0 Å². The molecule has 0 spiro atoms. The lowest BCUT2D eigenvalue weighted by Crippen LogP contribution is -2.30. The molecule has 3 unspecified atom stereocenters. The first-order valence-corrected chi connectivity index (χ1v) is 34.0. The van der Waals surface area contributed by atoms with Gasteiger partial charge in [-0.25, -0.2) is 42.1 Å². The minimum Gasteiger partial charge on any atom is -0.748 e. The summed E-state index contributed by atoms with van der Waals surface area (Å²) in [6.45, 7) is 5.81. The molecule has 1 heterocycles. The summed E-state index contributed by atoms with van der Waals surface area (Å²) in [5, 5.41) is 8.90. The number of fused-ring (bicyclic) bond motifs is 6. The maximum Gasteiger partial charge on any atom is 0.303 e. The third kappa shape index (κ3) is 17.4. The first-order valence-electron chi connectivity index (χ1n) is 26.8. The van der Waals surface area contributed by atoms with Crippen LogP contribution in [0, 0.1) is 5.92 Å². The van der Waals surface area contributed by atoms with Crippen LogP contribution in [0.25, 0.3) is 21.5 Å². The highest BCUT2D eigenvalue weighted by molar-refractivity contribution is 7.87. The zero-order valence-corrected chi connectivity index (χ0v) is 50.9. The first-order chi connectivity index (χ1) is 39.3. The number of nitrogens with zero attached hydrogens (tertiary/aromatic N) is 1. The summed E-state index contributed by atoms with van der Waals surface area (Å²) in [6.07, 6.45) is 12.5. The van der Waals surface area contributed by atoms with Gasteiger partial charge in [0.05, 0.1) is 69.3 Å². The number of hydrogen-bond donors (Lipinski definition) is 1. The number of ether oxygens (including phenoxy) is 5. The third-order valence-electron chi connectivity index (χ3n) is 15.1. The molecule has 0 bridgehead atoms. The average molecular weight is 1270 g/mol. The van der Waals surface area contributed by atoms with Crippen molar-refractivity contribution in [2.75, 3.05) is 84.3 Å². The monoisotopic (exact) mass is 1270 g/mol. The van der Waals surface area contributed by atoms with Crippen molar-refractivity contribution in [1.29, 1.82) is 0 Å². The standard InChI is InChI=1S/C56H73NO22S5/c1-55(23-26-77-29-30-79-32-31-78-28-27-76-4)41(17-15-39(21-25-75-3)34-40-16-18-44-46(53(40)55)35-42(81(63,64)65)37-49(44)83(69,70)71)12-7-5-8-13-51-56(2,22-11-33-80(60,61)62)54-47-36-43(82(66,67)68)38-50(84(72,73)74)45(47)19-20-48(54)57(51)24-10-6-9-14-52(58)59/h5,7-8,12-13,16-20,35-39H,6,9-11,14-15,21-34H2,1-4H3,(H,58,59)(H,60,61,62)(H,63,64,65)(H,66,67,68)(H,69,70,71)(H,72,73,74)/p-5/b8-5+,12-7+,41-17?,51-13+. The Hall–Kier alpha value is -5.02. The Balaban J connectivity index is 1.53. The number of carboxylic acids is 1. The number of hydrogen-bond acceptors (Lipinski definition) is 22. The van der Waals surface area contributed by atoms with E-state index in [-0.39, 0.29) is 98.1 Å². The number of anilines is 1. The molecule has 464 valence electrons. The number of unbranched alkanes of at least 4 members (excludes halogenated alkanes) is 2. The summed E-state index contributed by atoms with van der Waals surface area (Å²) in [7, 11) is -23.3. The van der Waals surface area contributed by atoms with Crippen LogP contribution >= 0.6 is 0 Å². The fraction of sp³-hybridized carbons (Fsp3) is 0.482. The summed E-state index contributed by atoms with van der Waals surface area (Å²) in [4.78, 5) is 9.36. The molecular weight excluding hydrogens is 1200 g/mol. The largest absolute Gasteiger partial charge is 0.748 e. The molecule has 1 aliphatic carbocycles. The van der Waals surface area contributed by atoms with Gasteiger partial charge in [-0.2, -0.15) is 0 Å². The Bertz CT molecular complexity index is 3770. The summed E-state index contributed by atoms with van der Waals surface area (Å²) in [5.74, 6) is -1.96. The molecule has 28 heteroatoms. The normalized spacial score (nSPS) is 19.6. The van der Waals surface area contributed by atoms with Crippen molar-refractivity contribution < 1.29 is 98.4 Å². The van der Waals surface area contributed by atoms with Crippen LogP contribution in [0.2, 0.25) is 0 Å². The maximum atomic E-state index is 12.9. The molecule has 1 N–H and O–H groups in total. The molecule has 4 aromatic rings. The fourth-order valence-electron chi connectivity index (χ4n) is 11.2. The number of rotatable bonds is 32. The Kier molecular flexibility index (Phi) is 23.2. The second-order valence-corrected chi connectivity index (χ2v) is 27.9. The van der Waals surface area contributed by atoms with Gasteiger partial charge in [0.1, 0.15) is 40.5 Å². The van der Waals surface area contributed by atoms with E-state index < -0.39 is 92.7 Å². The van der Waals surface area contributed by atoms with Gasteiger partial charge < -0.3 is 56.5 Å². The number of carboxylic acid groups (broad SMARTS) is 1. The number of allylic oxidation sites excluding steroid dienone is 8. The Morgan fingerprint density at radius 3 is 1.73 bits per heavy atom. The lowest BCUT2D eigenvalue weighted by atomic mass is 9.67. The summed E-state index contributed by atoms with van der Waals surface area (Å²) >= 11 is 0. The number of aliphatic carboxylic acids is 1. The van der Waals surface area contributed by atoms with E-state index >= 15 is 0 Å². The topological polar surface area (TPSA) is 373 Å². The van der Waals surface area contributed by atoms with E-state index in [9.17, 15) is 74.8 Å². The first kappa shape index (κ1) is 68.1. The fourth-order valence-corrected chi connectivity index (χ4v) is 14.3. The predicted molar refractivity (Wildman–Crippen MR) is 303 cm³/mol. The zero-order valence-electron chi connectivity index (χ0n) is 46.8. The number of methoxy groups -OCH3 is 2. The number of benzene rings is 4. The van der Waals surface area contributed by atoms with Crippen molar-refractivity contribution in [3.8, 4) is 0 Å². The van der Waals surface area contributed by atoms with Crippen molar-refractivity contribution in [2.45, 2.75) is 108 Å². The second-order valence-electron chi connectivity index (χ2n) is 20.9. The maximum absolute atomic E-state index is 12.9. The van der Waals surface area contributed by atoms with Gasteiger partial charge in [-0.05, 0) is 144 Å². The average Bonchev–Trinajstić information content (AvgIpc) is 1.50. The van der Waals surface area contributed by atoms with Crippen LogP contribution in [-0.4, -0.2) is 155 Å². The van der Waals surface area contributed by atoms with E-state index in [4.69, 9.17) is 23.7 Å². The van der Waals surface area contributed by atoms with Crippen LogP contribution in [0.4, 0.5) is 5.69 Å². The van der Waals surface area contributed by atoms with Crippen LogP contribution in [-0.2, 0) is 96.3 Å². The highest BCUT2D eigenvalue weighted by Gasteiger charge is 2.45. The van der Waals surface area contributed by atoms with Crippen molar-refractivity contribution in [3.05, 3.63) is 113 Å². The van der Waals surface area contributed by atoms with E-state index in [0.717, 1.165) is 12.1 Å². The van der Waals surface area contributed by atoms with Gasteiger partial charge in [-0.3, -0.25) is 4.79 Å². The Morgan fingerprint density at radius 2 is 1.18 bits per heavy atom. The Labute approximate surface area is 491 Å². The highest BCUT2D eigenvalue weighted by Crippen LogP contribution is 2.54. The van der Waals surface area contributed by atoms with Crippen LogP contribution in [0.5, 0.6) is 0 Å². The molecule has 23 nitrogen and oxygen atoms in total. The van der Waals surface area contributed by atoms with Gasteiger partial charge in [0, 0.05) is 68.4 Å². The van der Waals surface area contributed by atoms with E-state index in [0.29, 0.717) is 98.7 Å². The van der Waals surface area contributed by atoms with E-state index in [1.165, 1.54) is 18.2 Å². The number of carbonyl (C=O) groups is 1. The van der Waals surface area contributed by atoms with Crippen LogP contribution < -0.4 is 4.90 Å². The van der Waals surface area contributed by atoms with Gasteiger partial charge >= 0.3 is 5.97 Å². The third-order valence-corrected chi connectivity index (χ3v) is 19.3. The summed E-state index contributed by atoms with van der Waals surface area (Å²) in [5.41, 5.74) is 0.0784. The van der Waals surface area contributed by atoms with Crippen LogP contribution in [0.1, 0.15) is 88.3 Å². The van der Waals surface area contributed by atoms with Crippen molar-refractivity contribution in [2.24, 2.45) is 5.92 Å². The highest BCUT2D eigenvalue weighted by atomic mass is 32.2. The van der Waals surface area contributed by atoms with Gasteiger partial charge in [-0.15, -0.1) is 0 Å². The molecular formula is C56H68NO22S5-5. The quantitative estimate of drug-likeness (QED) is 0.0322. The van der Waals surface area contributed by atoms with Gasteiger partial charge in [0.25, 0.3) is 0 Å². The smallest absolute Gasteiger partial charge is 0.303 e. The molecule has 0 saturated carbocycles. The molecule has 4 aromatic carbocycles. The zero-order chi connectivity index (χ0) is 61.9. The summed E-state index contributed by atoms with van der Waals surface area (Å²) in [6, 6.07) is 8.95. The van der Waals surface area contributed by atoms with Gasteiger partial charge in [0.15, 0.2) is 0 Å². The van der Waals surface area contributed by atoms with E-state index in [1.54, 1.807) is 62.5 Å². The molecule has 3 atom stereocenters. The molecule has 0 radical (unpaired) electrons. The molecule has 84 heavy (non-hydrogen) atoms. The van der Waals surface area contributed by atoms with Crippen LogP contribution in [0.3, 0.4) is 0 Å². The van der Waals surface area contributed by atoms with Crippen LogP contribution in [0.15, 0.2) is 116 Å². The molecule has 0 amide bonds. The van der Waals surface area contributed by atoms with E-state index in [1.807, 2.05) is 13.0 Å². The minimum atomic E-state index is -5.44. The van der Waals surface area contributed by atoms with Crippen molar-refractivity contribution >= 4 is 83.8 Å². The molecule has 0 saturated heterocycles. The minimum absolute atomic E-state index is 0.0329. The predicted octanol–water partition coefficient (Wildman–Crippen LogP) is 6.22.